The van der Waals surface area contributed by atoms with Crippen LogP contribution in [0.1, 0.15) is 124 Å². The van der Waals surface area contributed by atoms with Gasteiger partial charge in [0.25, 0.3) is 0 Å². The minimum absolute atomic E-state index is 0.000668. The fourth-order valence-corrected chi connectivity index (χ4v) is 10.6. The van der Waals surface area contributed by atoms with E-state index in [1.54, 1.807) is 93.3 Å². The van der Waals surface area contributed by atoms with Crippen LogP contribution in [0.25, 0.3) is 0 Å². The average molecular weight is 1080 g/mol. The summed E-state index contributed by atoms with van der Waals surface area (Å²) in [5.41, 5.74) is 2.66. The van der Waals surface area contributed by atoms with Crippen LogP contribution in [0.2, 0.25) is 0 Å². The molecule has 78 heavy (non-hydrogen) atoms. The second-order valence-electron chi connectivity index (χ2n) is 21.6. The van der Waals surface area contributed by atoms with Crippen molar-refractivity contribution in [2.45, 2.75) is 128 Å². The number of anilines is 3. The summed E-state index contributed by atoms with van der Waals surface area (Å²) in [4.78, 5) is 48.8. The van der Waals surface area contributed by atoms with Crippen molar-refractivity contribution >= 4 is 41.3 Å². The topological polar surface area (TPSA) is 174 Å². The number of fused-ring (bicyclic) bond motifs is 3. The molecule has 3 atom stereocenters. The van der Waals surface area contributed by atoms with E-state index in [9.17, 15) is 14.9 Å². The molecule has 0 saturated heterocycles. The number of ether oxygens (including phenoxy) is 6. The summed E-state index contributed by atoms with van der Waals surface area (Å²) in [6, 6.07) is 30.4. The third-order valence-electron chi connectivity index (χ3n) is 13.9. The molecule has 1 N–H and O–H groups in total. The monoisotopic (exact) mass is 1080 g/mol. The smallest absolute Gasteiger partial charge is 0.497 e. The number of hydrogen-bond donors (Lipinski definition) is 1. The van der Waals surface area contributed by atoms with Crippen LogP contribution in [0.15, 0.2) is 102 Å². The molecule has 3 heterocycles. The number of likely N-dealkylation sites (N-methyl/N-ethyl adjacent to an activating group) is 1. The number of amides is 1. The molecule has 16 nitrogen and oxygen atoms in total. The van der Waals surface area contributed by atoms with Crippen molar-refractivity contribution in [3.8, 4) is 23.3 Å². The van der Waals surface area contributed by atoms with E-state index in [0.717, 1.165) is 39.6 Å². The van der Waals surface area contributed by atoms with Gasteiger partial charge in [0.15, 0.2) is 5.16 Å². The molecule has 2 aliphatic rings. The molecule has 4 aromatic carbocycles. The maximum atomic E-state index is 17.7. The lowest BCUT2D eigenvalue weighted by Crippen LogP contribution is -2.52. The molecule has 18 heteroatoms. The number of rotatable bonds is 16. The number of carbonyl (C=O) groups is 2. The van der Waals surface area contributed by atoms with Crippen molar-refractivity contribution in [1.29, 1.82) is 5.26 Å². The molecule has 6 aromatic rings. The number of nitrogens with one attached hydrogen (secondary N) is 1. The van der Waals surface area contributed by atoms with Crippen LogP contribution in [-0.4, -0.2) is 77.9 Å². The third-order valence-corrected chi connectivity index (χ3v) is 14.4. The highest BCUT2D eigenvalue weighted by atomic mass is 32.2. The highest BCUT2D eigenvalue weighted by Crippen LogP contribution is 2.54. The van der Waals surface area contributed by atoms with Gasteiger partial charge in [-0.1, -0.05) is 54.2 Å². The molecule has 1 amide bonds. The van der Waals surface area contributed by atoms with Gasteiger partial charge in [-0.15, -0.1) is 0 Å². The molecule has 8 rings (SSSR count). The minimum atomic E-state index is -1.14. The highest BCUT2D eigenvalue weighted by molar-refractivity contribution is 7.98. The lowest BCUT2D eigenvalue weighted by molar-refractivity contribution is -0.0410. The fourth-order valence-electron chi connectivity index (χ4n) is 10.2. The first kappa shape index (κ1) is 56.6. The van der Waals surface area contributed by atoms with Crippen LogP contribution in [0.4, 0.5) is 31.3 Å². The van der Waals surface area contributed by atoms with Crippen LogP contribution >= 0.6 is 11.8 Å². The van der Waals surface area contributed by atoms with E-state index >= 15 is 4.39 Å². The van der Waals surface area contributed by atoms with Crippen molar-refractivity contribution < 1.29 is 42.4 Å². The number of pyridine rings is 1. The standard InChI is InChI=1S/C60H69FN8O8S/c1-37(44-14-13-29-63-54(44)68(33-38-15-21-41(72-9)22-16-38)34-39-17-23-42(73-10)24-18-39)64-53-46-36-67(8)60(31-48(46)65-55(66-53)78-12)28-27-50(75-57(71)77-59(5,6)7)51-47(61)30-49(45(32-62)52(51)60)69(56(70)76-58(2,3)4)35-40-19-25-43(74-11)26-20-40/h13-26,29-30,37,50H,27-28,31,33-36H2,1-12H3,(H,64,65,66)/t37-,50?,60?/m1/s1. The molecular weight excluding hydrogens is 1010 g/mol. The molecule has 0 saturated carbocycles. The van der Waals surface area contributed by atoms with Gasteiger partial charge in [0, 0.05) is 54.5 Å². The predicted molar refractivity (Wildman–Crippen MR) is 299 cm³/mol. The largest absolute Gasteiger partial charge is 0.509 e. The number of thioether (sulfide) groups is 1. The van der Waals surface area contributed by atoms with Gasteiger partial charge >= 0.3 is 12.2 Å². The minimum Gasteiger partial charge on any atom is -0.497 e. The Balaban J connectivity index is 1.22. The first-order chi connectivity index (χ1) is 37.2. The highest BCUT2D eigenvalue weighted by Gasteiger charge is 2.51. The second-order valence-corrected chi connectivity index (χ2v) is 22.3. The molecule has 1 aliphatic carbocycles. The van der Waals surface area contributed by atoms with E-state index in [0.29, 0.717) is 47.5 Å². The molecule has 0 bridgehead atoms. The van der Waals surface area contributed by atoms with Crippen molar-refractivity contribution in [2.75, 3.05) is 49.7 Å². The lowest BCUT2D eigenvalue weighted by Gasteiger charge is -2.51. The number of benzene rings is 4. The van der Waals surface area contributed by atoms with E-state index in [1.807, 2.05) is 43.6 Å². The number of carbonyl (C=O) groups excluding carboxylic acids is 2. The Labute approximate surface area is 461 Å². The van der Waals surface area contributed by atoms with Crippen molar-refractivity contribution in [2.24, 2.45) is 0 Å². The quantitative estimate of drug-likeness (QED) is 0.0550. The van der Waals surface area contributed by atoms with E-state index < -0.39 is 40.9 Å². The first-order valence-electron chi connectivity index (χ1n) is 25.8. The van der Waals surface area contributed by atoms with Gasteiger partial charge in [0.1, 0.15) is 58.1 Å². The summed E-state index contributed by atoms with van der Waals surface area (Å²) >= 11 is 1.39. The first-order valence-corrected chi connectivity index (χ1v) is 27.1. The molecule has 2 unspecified atom stereocenters. The Hall–Kier alpha value is -7.62. The van der Waals surface area contributed by atoms with Crippen molar-refractivity contribution in [3.05, 3.63) is 153 Å². The maximum absolute atomic E-state index is 17.7. The van der Waals surface area contributed by atoms with Crippen LogP contribution in [0.5, 0.6) is 17.2 Å². The Bertz CT molecular complexity index is 3110. The zero-order valence-electron chi connectivity index (χ0n) is 46.5. The summed E-state index contributed by atoms with van der Waals surface area (Å²) in [5, 5.41) is 15.8. The molecule has 2 aromatic heterocycles. The van der Waals surface area contributed by atoms with E-state index in [2.05, 4.69) is 58.4 Å². The van der Waals surface area contributed by atoms with Gasteiger partial charge < -0.3 is 38.6 Å². The van der Waals surface area contributed by atoms with Crippen LogP contribution in [0.3, 0.4) is 0 Å². The zero-order chi connectivity index (χ0) is 56.1. The molecular formula is C60H69FN8O8S. The molecule has 1 aliphatic heterocycles. The fraction of sp³-hybridized carbons (Fsp3) is 0.400. The summed E-state index contributed by atoms with van der Waals surface area (Å²) in [5.74, 6) is 2.77. The van der Waals surface area contributed by atoms with Gasteiger partial charge in [-0.2, -0.15) is 5.26 Å². The van der Waals surface area contributed by atoms with Gasteiger partial charge in [-0.3, -0.25) is 9.80 Å². The number of nitrogens with zero attached hydrogens (tertiary/aromatic N) is 7. The van der Waals surface area contributed by atoms with Crippen molar-refractivity contribution in [1.82, 2.24) is 19.9 Å². The van der Waals surface area contributed by atoms with Gasteiger partial charge in [-0.05, 0) is 140 Å². The van der Waals surface area contributed by atoms with Gasteiger partial charge in [0.2, 0.25) is 0 Å². The van der Waals surface area contributed by atoms with E-state index in [4.69, 9.17) is 43.4 Å². The maximum Gasteiger partial charge on any atom is 0.509 e. The lowest BCUT2D eigenvalue weighted by atomic mass is 9.67. The zero-order valence-corrected chi connectivity index (χ0v) is 47.3. The Morgan fingerprint density at radius 2 is 1.42 bits per heavy atom. The molecule has 410 valence electrons. The summed E-state index contributed by atoms with van der Waals surface area (Å²) in [7, 11) is 6.79. The van der Waals surface area contributed by atoms with Crippen LogP contribution < -0.4 is 29.3 Å². The molecule has 1 spiro atoms. The summed E-state index contributed by atoms with van der Waals surface area (Å²) < 4.78 is 51.6. The SMILES string of the molecule is COc1ccc(CN(Cc2ccc(OC)cc2)c2ncccc2[C@@H](C)Nc2nc(SC)nc3c2CN(C)C2(CCC(OC(=O)OC(C)(C)C)c4c(F)cc(N(Cc5ccc(OC)cc5)C(=O)OC(C)(C)C)c(C#N)c42)C3)cc1. The summed E-state index contributed by atoms with van der Waals surface area (Å²) in [6.07, 6.45) is 1.51. The summed E-state index contributed by atoms with van der Waals surface area (Å²) in [6.45, 7) is 13.7. The van der Waals surface area contributed by atoms with Gasteiger partial charge in [0.05, 0.1) is 56.4 Å². The van der Waals surface area contributed by atoms with Crippen LogP contribution in [-0.2, 0) is 52.3 Å². The Kier molecular flexibility index (Phi) is 17.1. The second kappa shape index (κ2) is 23.5. The molecule has 0 fully saturated rings. The third kappa shape index (κ3) is 12.7. The number of aromatic nitrogens is 3. The normalized spacial score (nSPS) is 16.4. The predicted octanol–water partition coefficient (Wildman–Crippen LogP) is 12.6. The molecule has 0 radical (unpaired) electrons. The van der Waals surface area contributed by atoms with E-state index in [1.165, 1.54) is 22.7 Å². The number of nitriles is 1. The van der Waals surface area contributed by atoms with Crippen LogP contribution in [0, 0.1) is 17.1 Å². The average Bonchev–Trinajstić information content (AvgIpc) is 3.36. The Morgan fingerprint density at radius 1 is 0.859 bits per heavy atom. The number of methoxy groups -OCH3 is 3. The Morgan fingerprint density at radius 3 is 1.95 bits per heavy atom. The van der Waals surface area contributed by atoms with Gasteiger partial charge in [-0.25, -0.2) is 28.9 Å². The van der Waals surface area contributed by atoms with Crippen molar-refractivity contribution in [3.63, 3.8) is 0 Å². The van der Waals surface area contributed by atoms with E-state index in [-0.39, 0.29) is 54.4 Å². The number of halogens is 1. The number of hydrogen-bond acceptors (Lipinski definition) is 16.